The van der Waals surface area contributed by atoms with Gasteiger partial charge in [-0.3, -0.25) is 0 Å². The van der Waals surface area contributed by atoms with Crippen LogP contribution in [-0.4, -0.2) is 27.3 Å². The number of imidazole rings is 1. The average Bonchev–Trinajstić information content (AvgIpc) is 2.98. The number of benzene rings is 1. The lowest BCUT2D eigenvalue weighted by Crippen LogP contribution is -2.31. The minimum atomic E-state index is -0.525. The Balaban J connectivity index is 2.13. The first-order chi connectivity index (χ1) is 11.6. The van der Waals surface area contributed by atoms with E-state index >= 15 is 0 Å². The number of fused-ring (bicyclic) bond motifs is 1. The smallest absolute Gasteiger partial charge is 0.407 e. The molecule has 0 aliphatic heterocycles. The zero-order valence-corrected chi connectivity index (χ0v) is 14.1. The number of rotatable bonds is 4. The van der Waals surface area contributed by atoms with Gasteiger partial charge in [0.25, 0.3) is 0 Å². The summed E-state index contributed by atoms with van der Waals surface area (Å²) >= 11 is 6.41. The van der Waals surface area contributed by atoms with Gasteiger partial charge in [-0.15, -0.1) is 0 Å². The first-order valence-corrected chi connectivity index (χ1v) is 7.96. The van der Waals surface area contributed by atoms with E-state index in [4.69, 9.17) is 16.3 Å². The highest BCUT2D eigenvalue weighted by molar-refractivity contribution is 6.31. The molecule has 6 nitrogen and oxygen atoms in total. The fourth-order valence-electron chi connectivity index (χ4n) is 2.64. The van der Waals surface area contributed by atoms with E-state index in [1.807, 2.05) is 25.1 Å². The number of nitrogens with zero attached hydrogens (tertiary/aromatic N) is 3. The Hall–Kier alpha value is -2.60. The lowest BCUT2D eigenvalue weighted by atomic mass is 9.99. The van der Waals surface area contributed by atoms with Gasteiger partial charge in [-0.2, -0.15) is 5.10 Å². The van der Waals surface area contributed by atoms with E-state index in [0.717, 1.165) is 11.1 Å². The van der Waals surface area contributed by atoms with E-state index in [-0.39, 0.29) is 6.61 Å². The molecule has 0 bridgehead atoms. The van der Waals surface area contributed by atoms with Crippen LogP contribution in [0.3, 0.4) is 0 Å². The minimum Gasteiger partial charge on any atom is -0.450 e. The van der Waals surface area contributed by atoms with Gasteiger partial charge in [0.05, 0.1) is 18.5 Å². The fraction of sp³-hybridized carbons (Fsp3) is 0.235. The maximum absolute atomic E-state index is 12.1. The molecule has 0 radical (unpaired) electrons. The van der Waals surface area contributed by atoms with Crippen molar-refractivity contribution in [1.29, 1.82) is 0 Å². The van der Waals surface area contributed by atoms with Crippen molar-refractivity contribution in [3.05, 3.63) is 64.6 Å². The zero-order chi connectivity index (χ0) is 17.1. The standard InChI is InChI=1S/C17H17ClN4O2/c1-3-24-17(23)21-16(15-11(2)6-4-7-12(15)18)13-10-19-14-8-5-9-20-22(13)14/h4-10,16H,3H2,1-2H3,(H,21,23). The van der Waals surface area contributed by atoms with Gasteiger partial charge >= 0.3 is 6.09 Å². The Bertz CT molecular complexity index is 858. The summed E-state index contributed by atoms with van der Waals surface area (Å²) in [5.74, 6) is 0. The molecule has 3 aromatic rings. The summed E-state index contributed by atoms with van der Waals surface area (Å²) in [5.41, 5.74) is 3.14. The number of halogens is 1. The molecule has 24 heavy (non-hydrogen) atoms. The van der Waals surface area contributed by atoms with E-state index in [1.165, 1.54) is 0 Å². The maximum atomic E-state index is 12.1. The van der Waals surface area contributed by atoms with Crippen LogP contribution >= 0.6 is 11.6 Å². The third-order valence-corrected chi connectivity index (χ3v) is 4.03. The van der Waals surface area contributed by atoms with Crippen molar-refractivity contribution in [2.75, 3.05) is 6.61 Å². The highest BCUT2D eigenvalue weighted by Crippen LogP contribution is 2.31. The van der Waals surface area contributed by atoms with Crippen molar-refractivity contribution in [3.63, 3.8) is 0 Å². The molecule has 0 aliphatic rings. The van der Waals surface area contributed by atoms with Crippen LogP contribution in [0.5, 0.6) is 0 Å². The van der Waals surface area contributed by atoms with Gasteiger partial charge in [0.2, 0.25) is 0 Å². The molecule has 1 unspecified atom stereocenters. The molecule has 2 aromatic heterocycles. The number of ether oxygens (including phenoxy) is 1. The van der Waals surface area contributed by atoms with E-state index in [0.29, 0.717) is 16.4 Å². The van der Waals surface area contributed by atoms with Crippen molar-refractivity contribution in [2.24, 2.45) is 0 Å². The highest BCUT2D eigenvalue weighted by Gasteiger charge is 2.25. The largest absolute Gasteiger partial charge is 0.450 e. The van der Waals surface area contributed by atoms with Gasteiger partial charge in [-0.1, -0.05) is 23.7 Å². The molecular weight excluding hydrogens is 328 g/mol. The predicted molar refractivity (Wildman–Crippen MR) is 91.2 cm³/mol. The van der Waals surface area contributed by atoms with Gasteiger partial charge < -0.3 is 10.1 Å². The summed E-state index contributed by atoms with van der Waals surface area (Å²) in [6.45, 7) is 3.98. The monoisotopic (exact) mass is 344 g/mol. The van der Waals surface area contributed by atoms with Crippen LogP contribution in [-0.2, 0) is 4.74 Å². The second-order valence-electron chi connectivity index (χ2n) is 5.24. The Morgan fingerprint density at radius 1 is 1.38 bits per heavy atom. The number of aryl methyl sites for hydroxylation is 1. The molecule has 0 fully saturated rings. The van der Waals surface area contributed by atoms with Crippen LogP contribution < -0.4 is 5.32 Å². The first kappa shape index (κ1) is 16.3. The van der Waals surface area contributed by atoms with E-state index in [1.54, 1.807) is 36.0 Å². The van der Waals surface area contributed by atoms with Gasteiger partial charge in [-0.05, 0) is 37.6 Å². The third-order valence-electron chi connectivity index (χ3n) is 3.70. The number of nitrogens with one attached hydrogen (secondary N) is 1. The Labute approximate surface area is 144 Å². The van der Waals surface area contributed by atoms with Crippen molar-refractivity contribution in [3.8, 4) is 0 Å². The average molecular weight is 345 g/mol. The molecule has 0 saturated heterocycles. The molecule has 3 rings (SSSR count). The summed E-state index contributed by atoms with van der Waals surface area (Å²) < 4.78 is 6.72. The quantitative estimate of drug-likeness (QED) is 0.786. The number of carbonyl (C=O) groups is 1. The topological polar surface area (TPSA) is 68.5 Å². The third kappa shape index (κ3) is 3.05. The lowest BCUT2D eigenvalue weighted by Gasteiger charge is -2.21. The maximum Gasteiger partial charge on any atom is 0.407 e. The number of carbonyl (C=O) groups excluding carboxylic acids is 1. The number of hydrogen-bond acceptors (Lipinski definition) is 4. The van der Waals surface area contributed by atoms with Crippen LogP contribution in [0, 0.1) is 6.92 Å². The molecule has 1 atom stereocenters. The summed E-state index contributed by atoms with van der Waals surface area (Å²) in [6.07, 6.45) is 2.83. The van der Waals surface area contributed by atoms with Crippen LogP contribution in [0.25, 0.3) is 5.65 Å². The summed E-state index contributed by atoms with van der Waals surface area (Å²) in [5, 5.41) is 7.74. The van der Waals surface area contributed by atoms with Crippen LogP contribution in [0.1, 0.15) is 29.8 Å². The lowest BCUT2D eigenvalue weighted by molar-refractivity contribution is 0.149. The van der Waals surface area contributed by atoms with Crippen molar-refractivity contribution in [2.45, 2.75) is 19.9 Å². The molecule has 124 valence electrons. The minimum absolute atomic E-state index is 0.283. The second-order valence-corrected chi connectivity index (χ2v) is 5.65. The summed E-state index contributed by atoms with van der Waals surface area (Å²) in [7, 11) is 0. The van der Waals surface area contributed by atoms with Crippen molar-refractivity contribution >= 4 is 23.3 Å². The van der Waals surface area contributed by atoms with Crippen LogP contribution in [0.15, 0.2) is 42.7 Å². The number of aromatic nitrogens is 3. The zero-order valence-electron chi connectivity index (χ0n) is 13.4. The number of alkyl carbamates (subject to hydrolysis) is 1. The molecule has 2 heterocycles. The van der Waals surface area contributed by atoms with Crippen LogP contribution in [0.4, 0.5) is 4.79 Å². The SMILES string of the molecule is CCOC(=O)NC(c1c(C)cccc1Cl)c1cnc2cccnn12. The normalized spacial score (nSPS) is 12.1. The predicted octanol–water partition coefficient (Wildman–Crippen LogP) is 3.53. The molecule has 1 N–H and O–H groups in total. The Morgan fingerprint density at radius 2 is 2.21 bits per heavy atom. The highest BCUT2D eigenvalue weighted by atomic mass is 35.5. The summed E-state index contributed by atoms with van der Waals surface area (Å²) in [4.78, 5) is 16.4. The van der Waals surface area contributed by atoms with Crippen LogP contribution in [0.2, 0.25) is 5.02 Å². The van der Waals surface area contributed by atoms with Gasteiger partial charge in [-0.25, -0.2) is 14.3 Å². The van der Waals surface area contributed by atoms with Gasteiger partial charge in [0.1, 0.15) is 6.04 Å². The number of hydrogen-bond donors (Lipinski definition) is 1. The molecule has 0 aliphatic carbocycles. The van der Waals surface area contributed by atoms with Crippen molar-refractivity contribution in [1.82, 2.24) is 19.9 Å². The van der Waals surface area contributed by atoms with E-state index in [2.05, 4.69) is 15.4 Å². The molecule has 0 saturated carbocycles. The van der Waals surface area contributed by atoms with Crippen molar-refractivity contribution < 1.29 is 9.53 Å². The fourth-order valence-corrected chi connectivity index (χ4v) is 2.97. The molecule has 1 aromatic carbocycles. The van der Waals surface area contributed by atoms with Gasteiger partial charge in [0, 0.05) is 16.8 Å². The molecule has 7 heteroatoms. The Kier molecular flexibility index (Phi) is 4.66. The molecule has 1 amide bonds. The van der Waals surface area contributed by atoms with E-state index < -0.39 is 12.1 Å². The number of amides is 1. The van der Waals surface area contributed by atoms with Gasteiger partial charge in [0.15, 0.2) is 5.65 Å². The molecular formula is C17H17ClN4O2. The first-order valence-electron chi connectivity index (χ1n) is 7.58. The Morgan fingerprint density at radius 3 is 2.96 bits per heavy atom. The van der Waals surface area contributed by atoms with E-state index in [9.17, 15) is 4.79 Å². The molecule has 0 spiro atoms. The second kappa shape index (κ2) is 6.88. The summed E-state index contributed by atoms with van der Waals surface area (Å²) in [6, 6.07) is 8.73.